The van der Waals surface area contributed by atoms with Crippen LogP contribution in [0.5, 0.6) is 0 Å². The van der Waals surface area contributed by atoms with E-state index in [2.05, 4.69) is 17.0 Å². The second-order valence-electron chi connectivity index (χ2n) is 5.01. The molecule has 20 heavy (non-hydrogen) atoms. The average molecular weight is 299 g/mol. The minimum absolute atomic E-state index is 0.0949. The number of nitrogens with one attached hydrogen (secondary N) is 2. The van der Waals surface area contributed by atoms with Gasteiger partial charge < -0.3 is 5.32 Å². The first-order chi connectivity index (χ1) is 9.35. The van der Waals surface area contributed by atoms with E-state index in [1.165, 1.54) is 12.1 Å². The number of hydrogen-bond donors (Lipinski definition) is 2. The molecule has 0 radical (unpaired) electrons. The van der Waals surface area contributed by atoms with Crippen LogP contribution in [0.1, 0.15) is 13.3 Å². The summed E-state index contributed by atoms with van der Waals surface area (Å²) in [7, 11) is -2.18. The van der Waals surface area contributed by atoms with Gasteiger partial charge in [-0.2, -0.15) is 0 Å². The second-order valence-corrected chi connectivity index (χ2v) is 6.75. The number of non-ortho nitro benzene ring substituents is 1. The predicted molar refractivity (Wildman–Crippen MR) is 75.1 cm³/mol. The van der Waals surface area contributed by atoms with Gasteiger partial charge in [-0.3, -0.25) is 10.1 Å². The summed E-state index contributed by atoms with van der Waals surface area (Å²) in [6, 6.07) is 3.74. The number of benzene rings is 1. The molecule has 0 bridgehead atoms. The maximum atomic E-state index is 12.3. The first-order valence-corrected chi connectivity index (χ1v) is 7.79. The van der Waals surface area contributed by atoms with E-state index in [0.29, 0.717) is 24.1 Å². The summed E-state index contributed by atoms with van der Waals surface area (Å²) in [5.41, 5.74) is 0.0936. The Bertz CT molecular complexity index is 630. The van der Waals surface area contributed by atoms with E-state index in [1.807, 2.05) is 0 Å². The lowest BCUT2D eigenvalue weighted by Crippen LogP contribution is -2.27. The van der Waals surface area contributed by atoms with Crippen molar-refractivity contribution in [2.24, 2.45) is 11.8 Å². The van der Waals surface area contributed by atoms with E-state index in [0.717, 1.165) is 12.5 Å². The quantitative estimate of drug-likeness (QED) is 0.613. The van der Waals surface area contributed by atoms with Crippen LogP contribution < -0.4 is 10.0 Å². The topological polar surface area (TPSA) is 101 Å². The van der Waals surface area contributed by atoms with Crippen LogP contribution in [0.3, 0.4) is 0 Å². The molecule has 7 nitrogen and oxygen atoms in total. The largest absolute Gasteiger partial charge is 0.387 e. The highest BCUT2D eigenvalue weighted by Gasteiger charge is 2.34. The molecule has 0 saturated heterocycles. The minimum atomic E-state index is -3.75. The van der Waals surface area contributed by atoms with Crippen molar-refractivity contribution in [3.05, 3.63) is 28.3 Å². The normalized spacial score (nSPS) is 21.5. The zero-order valence-electron chi connectivity index (χ0n) is 11.3. The van der Waals surface area contributed by atoms with Gasteiger partial charge in [0.25, 0.3) is 5.69 Å². The highest BCUT2D eigenvalue weighted by molar-refractivity contribution is 7.89. The Balaban J connectivity index is 2.28. The number of nitro benzene ring substituents is 1. The van der Waals surface area contributed by atoms with E-state index < -0.39 is 14.9 Å². The molecule has 0 aromatic heterocycles. The molecule has 2 atom stereocenters. The third-order valence-electron chi connectivity index (χ3n) is 3.55. The Kier molecular flexibility index (Phi) is 3.96. The number of rotatable bonds is 6. The minimum Gasteiger partial charge on any atom is -0.387 e. The molecule has 2 N–H and O–H groups in total. The van der Waals surface area contributed by atoms with Gasteiger partial charge in [-0.15, -0.1) is 0 Å². The van der Waals surface area contributed by atoms with Crippen LogP contribution >= 0.6 is 0 Å². The van der Waals surface area contributed by atoms with Crippen molar-refractivity contribution in [3.8, 4) is 0 Å². The van der Waals surface area contributed by atoms with E-state index in [-0.39, 0.29) is 10.6 Å². The molecule has 110 valence electrons. The summed E-state index contributed by atoms with van der Waals surface area (Å²) >= 11 is 0. The van der Waals surface area contributed by atoms with Crippen molar-refractivity contribution < 1.29 is 13.3 Å². The van der Waals surface area contributed by atoms with E-state index in [4.69, 9.17) is 0 Å². The van der Waals surface area contributed by atoms with Crippen LogP contribution in [-0.2, 0) is 10.0 Å². The molecule has 1 aromatic carbocycles. The summed E-state index contributed by atoms with van der Waals surface area (Å²) in [5, 5.41) is 13.5. The van der Waals surface area contributed by atoms with E-state index in [1.54, 1.807) is 7.05 Å². The lowest BCUT2D eigenvalue weighted by Gasteiger charge is -2.11. The Morgan fingerprint density at radius 1 is 1.45 bits per heavy atom. The number of nitro groups is 1. The van der Waals surface area contributed by atoms with Crippen LogP contribution in [0, 0.1) is 22.0 Å². The molecule has 0 amide bonds. The van der Waals surface area contributed by atoms with Crippen LogP contribution in [0.25, 0.3) is 0 Å². The van der Waals surface area contributed by atoms with Gasteiger partial charge in [0.1, 0.15) is 4.90 Å². The summed E-state index contributed by atoms with van der Waals surface area (Å²) in [4.78, 5) is 10.1. The van der Waals surface area contributed by atoms with Crippen LogP contribution in [-0.4, -0.2) is 26.9 Å². The van der Waals surface area contributed by atoms with E-state index in [9.17, 15) is 18.5 Å². The zero-order valence-corrected chi connectivity index (χ0v) is 12.1. The summed E-state index contributed by atoms with van der Waals surface area (Å²) in [6.45, 7) is 2.43. The molecular formula is C12H17N3O4S. The third-order valence-corrected chi connectivity index (χ3v) is 5.01. The summed E-state index contributed by atoms with van der Waals surface area (Å²) in [5.74, 6) is 0.896. The van der Waals surface area contributed by atoms with Gasteiger partial charge >= 0.3 is 0 Å². The summed E-state index contributed by atoms with van der Waals surface area (Å²) in [6.07, 6.45) is 1.01. The van der Waals surface area contributed by atoms with Crippen molar-refractivity contribution >= 4 is 21.4 Å². The molecule has 1 saturated carbocycles. The molecule has 1 aliphatic rings. The van der Waals surface area contributed by atoms with Gasteiger partial charge in [0.2, 0.25) is 10.0 Å². The van der Waals surface area contributed by atoms with Crippen molar-refractivity contribution in [2.45, 2.75) is 18.2 Å². The Morgan fingerprint density at radius 2 is 2.10 bits per heavy atom. The van der Waals surface area contributed by atoms with Crippen molar-refractivity contribution in [3.63, 3.8) is 0 Å². The molecular weight excluding hydrogens is 282 g/mol. The van der Waals surface area contributed by atoms with Crippen molar-refractivity contribution in [2.75, 3.05) is 18.9 Å². The molecule has 1 aromatic rings. The van der Waals surface area contributed by atoms with Crippen LogP contribution in [0.4, 0.5) is 11.4 Å². The standard InChI is InChI=1S/C12H17N3O4S/c1-8-5-9(8)7-14-20(18,19)12-6-10(15(16)17)3-4-11(12)13-2/h3-4,6,8-9,13-14H,5,7H2,1-2H3. The summed E-state index contributed by atoms with van der Waals surface area (Å²) < 4.78 is 27.0. The first kappa shape index (κ1) is 14.7. The molecule has 8 heteroatoms. The molecule has 2 unspecified atom stereocenters. The fourth-order valence-electron chi connectivity index (χ4n) is 2.03. The SMILES string of the molecule is CNc1ccc([N+](=O)[O-])cc1S(=O)(=O)NCC1CC1C. The molecule has 2 rings (SSSR count). The maximum Gasteiger partial charge on any atom is 0.270 e. The zero-order chi connectivity index (χ0) is 14.9. The smallest absolute Gasteiger partial charge is 0.270 e. The van der Waals surface area contributed by atoms with Gasteiger partial charge in [-0.25, -0.2) is 13.1 Å². The van der Waals surface area contributed by atoms with Gasteiger partial charge in [-0.05, 0) is 24.3 Å². The molecule has 1 fully saturated rings. The van der Waals surface area contributed by atoms with Gasteiger partial charge in [0.15, 0.2) is 0 Å². The molecule has 1 aliphatic carbocycles. The fraction of sp³-hybridized carbons (Fsp3) is 0.500. The lowest BCUT2D eigenvalue weighted by atomic mass is 10.3. The number of hydrogen-bond acceptors (Lipinski definition) is 5. The predicted octanol–water partition coefficient (Wildman–Crippen LogP) is 1.57. The Hall–Kier alpha value is -1.67. The molecule has 0 spiro atoms. The number of nitrogens with zero attached hydrogens (tertiary/aromatic N) is 1. The Labute approximate surface area is 117 Å². The lowest BCUT2D eigenvalue weighted by molar-refractivity contribution is -0.385. The third kappa shape index (κ3) is 3.07. The van der Waals surface area contributed by atoms with Gasteiger partial charge in [0.05, 0.1) is 10.6 Å². The molecule has 0 heterocycles. The number of sulfonamides is 1. The van der Waals surface area contributed by atoms with Gasteiger partial charge in [-0.1, -0.05) is 6.92 Å². The van der Waals surface area contributed by atoms with Crippen LogP contribution in [0.15, 0.2) is 23.1 Å². The second kappa shape index (κ2) is 5.37. The van der Waals surface area contributed by atoms with E-state index >= 15 is 0 Å². The Morgan fingerprint density at radius 3 is 2.60 bits per heavy atom. The fourth-order valence-corrected chi connectivity index (χ4v) is 3.36. The number of anilines is 1. The molecule has 0 aliphatic heterocycles. The van der Waals surface area contributed by atoms with Crippen LogP contribution in [0.2, 0.25) is 0 Å². The van der Waals surface area contributed by atoms with Gasteiger partial charge in [0, 0.05) is 25.7 Å². The highest BCUT2D eigenvalue weighted by atomic mass is 32.2. The first-order valence-electron chi connectivity index (χ1n) is 6.31. The van der Waals surface area contributed by atoms with Crippen molar-refractivity contribution in [1.29, 1.82) is 0 Å². The van der Waals surface area contributed by atoms with Crippen molar-refractivity contribution in [1.82, 2.24) is 4.72 Å². The monoisotopic (exact) mass is 299 g/mol. The maximum absolute atomic E-state index is 12.3. The average Bonchev–Trinajstić information content (AvgIpc) is 3.11. The highest BCUT2D eigenvalue weighted by Crippen LogP contribution is 2.37.